The number of carbonyl (C=O) groups excluding carboxylic acids is 1. The highest BCUT2D eigenvalue weighted by molar-refractivity contribution is 5.95. The Morgan fingerprint density at radius 1 is 1.20 bits per heavy atom. The van der Waals surface area contributed by atoms with E-state index in [1.54, 1.807) is 12.1 Å². The lowest BCUT2D eigenvalue weighted by Gasteiger charge is -2.25. The SMILES string of the molecule is CCCCn1c(N)c(N(Cc2ccccc2OC)C(=O)CCc2nc(CCC)no2)c(=O)[nH]c1=O. The molecule has 0 radical (unpaired) electrons. The maximum atomic E-state index is 13.5. The van der Waals surface area contributed by atoms with E-state index in [-0.39, 0.29) is 36.8 Å². The monoisotopic (exact) mass is 484 g/mol. The molecule has 3 aromatic rings. The van der Waals surface area contributed by atoms with Gasteiger partial charge in [0, 0.05) is 31.4 Å². The molecule has 188 valence electrons. The van der Waals surface area contributed by atoms with Crippen LogP contribution in [0, 0.1) is 0 Å². The average Bonchev–Trinajstić information content (AvgIpc) is 3.29. The largest absolute Gasteiger partial charge is 0.496 e. The Morgan fingerprint density at radius 2 is 1.97 bits per heavy atom. The third-order valence-electron chi connectivity index (χ3n) is 5.58. The molecule has 0 saturated heterocycles. The number of aryl methyl sites for hydroxylation is 2. The molecule has 0 aliphatic rings. The third-order valence-corrected chi connectivity index (χ3v) is 5.58. The summed E-state index contributed by atoms with van der Waals surface area (Å²) in [6.07, 6.45) is 3.27. The first-order valence-corrected chi connectivity index (χ1v) is 11.8. The number of hydrogen-bond acceptors (Lipinski definition) is 8. The quantitative estimate of drug-likeness (QED) is 0.398. The van der Waals surface area contributed by atoms with Gasteiger partial charge >= 0.3 is 5.69 Å². The van der Waals surface area contributed by atoms with Crippen molar-refractivity contribution in [3.63, 3.8) is 0 Å². The standard InChI is InChI=1S/C24H32N6O5/c1-4-6-14-29-22(25)21(23(32)27-24(29)33)30(15-16-10-7-8-11-17(16)34-3)20(31)13-12-19-26-18(9-5-2)28-35-19/h7-8,10-11H,4-6,9,12-15,25H2,1-3H3,(H,27,32,33). The number of carbonyl (C=O) groups is 1. The van der Waals surface area contributed by atoms with Crippen molar-refractivity contribution in [1.29, 1.82) is 0 Å². The molecular formula is C24H32N6O5. The fraction of sp³-hybridized carbons (Fsp3) is 0.458. The maximum Gasteiger partial charge on any atom is 0.330 e. The van der Waals surface area contributed by atoms with E-state index in [0.717, 1.165) is 12.8 Å². The van der Waals surface area contributed by atoms with Gasteiger partial charge in [0.15, 0.2) is 11.5 Å². The van der Waals surface area contributed by atoms with E-state index in [4.69, 9.17) is 15.0 Å². The topological polar surface area (TPSA) is 149 Å². The Labute approximate surface area is 202 Å². The number of nitrogen functional groups attached to an aromatic ring is 1. The summed E-state index contributed by atoms with van der Waals surface area (Å²) in [4.78, 5) is 46.7. The molecule has 3 N–H and O–H groups in total. The zero-order valence-electron chi connectivity index (χ0n) is 20.4. The minimum atomic E-state index is -0.730. The van der Waals surface area contributed by atoms with Crippen LogP contribution >= 0.6 is 0 Å². The number of aromatic nitrogens is 4. The summed E-state index contributed by atoms with van der Waals surface area (Å²) in [7, 11) is 1.53. The molecule has 0 atom stereocenters. The highest BCUT2D eigenvalue weighted by Gasteiger charge is 2.26. The molecule has 0 aliphatic heterocycles. The summed E-state index contributed by atoms with van der Waals surface area (Å²) in [5.41, 5.74) is 5.57. The van der Waals surface area contributed by atoms with Gasteiger partial charge in [0.25, 0.3) is 5.56 Å². The number of nitrogens with one attached hydrogen (secondary N) is 1. The van der Waals surface area contributed by atoms with Crippen molar-refractivity contribution in [2.75, 3.05) is 17.7 Å². The average molecular weight is 485 g/mol. The molecule has 0 saturated carbocycles. The molecule has 0 bridgehead atoms. The summed E-state index contributed by atoms with van der Waals surface area (Å²) in [5.74, 6) is 1.04. The predicted octanol–water partition coefficient (Wildman–Crippen LogP) is 2.43. The van der Waals surface area contributed by atoms with Gasteiger partial charge < -0.3 is 15.0 Å². The van der Waals surface area contributed by atoms with Gasteiger partial charge in [-0.05, 0) is 18.9 Å². The van der Waals surface area contributed by atoms with Crippen molar-refractivity contribution < 1.29 is 14.1 Å². The second-order valence-corrected chi connectivity index (χ2v) is 8.14. The van der Waals surface area contributed by atoms with Crippen molar-refractivity contribution in [1.82, 2.24) is 19.7 Å². The van der Waals surface area contributed by atoms with E-state index >= 15 is 0 Å². The number of aromatic amines is 1. The lowest BCUT2D eigenvalue weighted by atomic mass is 10.1. The van der Waals surface area contributed by atoms with E-state index in [1.807, 2.05) is 26.0 Å². The first-order chi connectivity index (χ1) is 16.9. The number of methoxy groups -OCH3 is 1. The molecule has 0 spiro atoms. The van der Waals surface area contributed by atoms with E-state index in [9.17, 15) is 14.4 Å². The molecule has 11 nitrogen and oxygen atoms in total. The lowest BCUT2D eigenvalue weighted by Crippen LogP contribution is -2.41. The number of amides is 1. The minimum absolute atomic E-state index is 0.00409. The molecule has 0 fully saturated rings. The van der Waals surface area contributed by atoms with Crippen LogP contribution in [0.25, 0.3) is 0 Å². The number of nitrogens with two attached hydrogens (primary N) is 1. The number of benzene rings is 1. The van der Waals surface area contributed by atoms with Crippen molar-refractivity contribution >= 4 is 17.4 Å². The number of ether oxygens (including phenoxy) is 1. The Kier molecular flexibility index (Phi) is 8.82. The Morgan fingerprint density at radius 3 is 2.69 bits per heavy atom. The number of nitrogens with zero attached hydrogens (tertiary/aromatic N) is 4. The number of H-pyrrole nitrogens is 1. The maximum absolute atomic E-state index is 13.5. The van der Waals surface area contributed by atoms with Crippen LogP contribution in [0.5, 0.6) is 5.75 Å². The highest BCUT2D eigenvalue weighted by Crippen LogP contribution is 2.25. The van der Waals surface area contributed by atoms with Crippen LogP contribution in [0.2, 0.25) is 0 Å². The molecule has 0 aliphatic carbocycles. The van der Waals surface area contributed by atoms with E-state index in [2.05, 4.69) is 15.1 Å². The lowest BCUT2D eigenvalue weighted by molar-refractivity contribution is -0.118. The molecule has 1 amide bonds. The zero-order chi connectivity index (χ0) is 25.4. The normalized spacial score (nSPS) is 10.9. The van der Waals surface area contributed by atoms with Crippen LogP contribution in [0.15, 0.2) is 38.4 Å². The number of hydrogen-bond donors (Lipinski definition) is 2. The smallest absolute Gasteiger partial charge is 0.330 e. The molecular weight excluding hydrogens is 452 g/mol. The Bertz CT molecular complexity index is 1260. The van der Waals surface area contributed by atoms with Crippen molar-refractivity contribution in [3.05, 3.63) is 62.4 Å². The van der Waals surface area contributed by atoms with E-state index in [0.29, 0.717) is 42.4 Å². The van der Waals surface area contributed by atoms with Crippen LogP contribution in [0.1, 0.15) is 56.8 Å². The molecule has 3 rings (SSSR count). The number of anilines is 2. The van der Waals surface area contributed by atoms with Gasteiger partial charge in [0.1, 0.15) is 11.6 Å². The van der Waals surface area contributed by atoms with Crippen LogP contribution < -0.4 is 26.6 Å². The molecule has 1 aromatic carbocycles. The third kappa shape index (κ3) is 6.17. The summed E-state index contributed by atoms with van der Waals surface area (Å²) < 4.78 is 12.0. The molecule has 11 heteroatoms. The second kappa shape index (κ2) is 12.0. The van der Waals surface area contributed by atoms with Gasteiger partial charge in [-0.25, -0.2) is 4.79 Å². The number of para-hydroxylation sites is 1. The van der Waals surface area contributed by atoms with Gasteiger partial charge in [-0.1, -0.05) is 43.6 Å². The fourth-order valence-corrected chi connectivity index (χ4v) is 3.74. The van der Waals surface area contributed by atoms with Crippen LogP contribution in [0.3, 0.4) is 0 Å². The highest BCUT2D eigenvalue weighted by atomic mass is 16.5. The number of unbranched alkanes of at least 4 members (excludes halogenated alkanes) is 1. The molecule has 0 unspecified atom stereocenters. The summed E-state index contributed by atoms with van der Waals surface area (Å²) in [6.45, 7) is 4.34. The van der Waals surface area contributed by atoms with Gasteiger partial charge in [-0.3, -0.25) is 24.0 Å². The molecule has 2 aromatic heterocycles. The Hall–Kier alpha value is -3.89. The molecule has 2 heterocycles. The molecule has 35 heavy (non-hydrogen) atoms. The van der Waals surface area contributed by atoms with Crippen molar-refractivity contribution in [3.8, 4) is 5.75 Å². The summed E-state index contributed by atoms with van der Waals surface area (Å²) in [5, 5.41) is 3.91. The Balaban J connectivity index is 1.99. The first kappa shape index (κ1) is 25.7. The van der Waals surface area contributed by atoms with Crippen LogP contribution in [-0.2, 0) is 30.7 Å². The van der Waals surface area contributed by atoms with Gasteiger partial charge in [0.05, 0.1) is 13.7 Å². The fourth-order valence-electron chi connectivity index (χ4n) is 3.74. The van der Waals surface area contributed by atoms with Gasteiger partial charge in [-0.2, -0.15) is 4.98 Å². The van der Waals surface area contributed by atoms with Crippen LogP contribution in [-0.4, -0.2) is 32.7 Å². The van der Waals surface area contributed by atoms with Crippen molar-refractivity contribution in [2.45, 2.75) is 65.5 Å². The van der Waals surface area contributed by atoms with Crippen LogP contribution in [0.4, 0.5) is 11.5 Å². The predicted molar refractivity (Wildman–Crippen MR) is 131 cm³/mol. The van der Waals surface area contributed by atoms with E-state index in [1.165, 1.54) is 16.6 Å². The summed E-state index contributed by atoms with van der Waals surface area (Å²) >= 11 is 0. The first-order valence-electron chi connectivity index (χ1n) is 11.8. The second-order valence-electron chi connectivity index (χ2n) is 8.14. The van der Waals surface area contributed by atoms with Crippen molar-refractivity contribution in [2.24, 2.45) is 0 Å². The summed E-state index contributed by atoms with van der Waals surface area (Å²) in [6, 6.07) is 7.18. The van der Waals surface area contributed by atoms with Gasteiger partial charge in [0.2, 0.25) is 11.8 Å². The van der Waals surface area contributed by atoms with Gasteiger partial charge in [-0.15, -0.1) is 0 Å². The minimum Gasteiger partial charge on any atom is -0.496 e. The number of rotatable bonds is 12. The zero-order valence-corrected chi connectivity index (χ0v) is 20.4. The van der Waals surface area contributed by atoms with E-state index < -0.39 is 11.2 Å².